The number of para-hydroxylation sites is 1. The van der Waals surface area contributed by atoms with Crippen LogP contribution in [0.15, 0.2) is 72.8 Å². The summed E-state index contributed by atoms with van der Waals surface area (Å²) in [5, 5.41) is 8.33. The van der Waals surface area contributed by atoms with E-state index in [0.717, 1.165) is 0 Å². The van der Waals surface area contributed by atoms with E-state index < -0.39 is 0 Å². The minimum absolute atomic E-state index is 0.296. The predicted octanol–water partition coefficient (Wildman–Crippen LogP) is 5.38. The smallest absolute Gasteiger partial charge is 0.323 e. The Morgan fingerprint density at radius 3 is 2.03 bits per heavy atom. The fourth-order valence-corrected chi connectivity index (χ4v) is 2.86. The van der Waals surface area contributed by atoms with Gasteiger partial charge < -0.3 is 25.4 Å². The van der Waals surface area contributed by atoms with Crippen molar-refractivity contribution >= 4 is 29.0 Å². The number of ether oxygens (including phenoxy) is 2. The van der Waals surface area contributed by atoms with Crippen molar-refractivity contribution in [1.29, 1.82) is 0 Å². The Kier molecular flexibility index (Phi) is 7.48. The van der Waals surface area contributed by atoms with Gasteiger partial charge in [-0.3, -0.25) is 4.79 Å². The van der Waals surface area contributed by atoms with Crippen LogP contribution >= 0.6 is 0 Å². The molecule has 0 aliphatic heterocycles. The molecular weight excluding hydrogens is 394 g/mol. The first-order valence-corrected chi connectivity index (χ1v) is 10.0. The molecule has 0 fully saturated rings. The molecule has 0 bridgehead atoms. The monoisotopic (exact) mass is 419 g/mol. The molecule has 0 heterocycles. The van der Waals surface area contributed by atoms with Crippen LogP contribution in [0.2, 0.25) is 0 Å². The summed E-state index contributed by atoms with van der Waals surface area (Å²) in [5.74, 6) is 0.912. The second-order valence-electron chi connectivity index (χ2n) is 6.50. The van der Waals surface area contributed by atoms with Gasteiger partial charge in [0.1, 0.15) is 11.5 Å². The van der Waals surface area contributed by atoms with E-state index in [1.807, 2.05) is 32.0 Å². The molecule has 3 aromatic rings. The van der Waals surface area contributed by atoms with Crippen molar-refractivity contribution in [2.45, 2.75) is 13.8 Å². The standard InChI is InChI=1S/C24H25N3O4/c1-3-30-20-14-15-22(31-4-2)21(16-20)27-23(28)17-10-12-19(13-11-17)26-24(29)25-18-8-6-5-7-9-18/h5-16H,3-4H2,1-2H3,(H,27,28)(H2,25,26,29). The van der Waals surface area contributed by atoms with Gasteiger partial charge in [-0.25, -0.2) is 4.79 Å². The van der Waals surface area contributed by atoms with Gasteiger partial charge in [-0.15, -0.1) is 0 Å². The van der Waals surface area contributed by atoms with Crippen molar-refractivity contribution in [2.24, 2.45) is 0 Å². The lowest BCUT2D eigenvalue weighted by Gasteiger charge is -2.14. The molecule has 0 saturated heterocycles. The Morgan fingerprint density at radius 1 is 0.742 bits per heavy atom. The highest BCUT2D eigenvalue weighted by Crippen LogP contribution is 2.30. The van der Waals surface area contributed by atoms with E-state index in [1.54, 1.807) is 54.6 Å². The molecule has 31 heavy (non-hydrogen) atoms. The van der Waals surface area contributed by atoms with Crippen molar-refractivity contribution in [3.8, 4) is 11.5 Å². The van der Waals surface area contributed by atoms with E-state index in [4.69, 9.17) is 9.47 Å². The molecule has 3 aromatic carbocycles. The highest BCUT2D eigenvalue weighted by atomic mass is 16.5. The van der Waals surface area contributed by atoms with Crippen molar-refractivity contribution in [2.75, 3.05) is 29.2 Å². The van der Waals surface area contributed by atoms with Gasteiger partial charge in [0.05, 0.1) is 18.9 Å². The van der Waals surface area contributed by atoms with Gasteiger partial charge in [-0.1, -0.05) is 18.2 Å². The SMILES string of the molecule is CCOc1ccc(OCC)c(NC(=O)c2ccc(NC(=O)Nc3ccccc3)cc2)c1. The van der Waals surface area contributed by atoms with Crippen molar-refractivity contribution in [3.63, 3.8) is 0 Å². The number of nitrogens with one attached hydrogen (secondary N) is 3. The van der Waals surface area contributed by atoms with Gasteiger partial charge in [0.15, 0.2) is 0 Å². The molecule has 0 radical (unpaired) electrons. The normalized spacial score (nSPS) is 10.1. The molecule has 3 amide bonds. The highest BCUT2D eigenvalue weighted by Gasteiger charge is 2.12. The topological polar surface area (TPSA) is 88.7 Å². The predicted molar refractivity (Wildman–Crippen MR) is 122 cm³/mol. The summed E-state index contributed by atoms with van der Waals surface area (Å²) >= 11 is 0. The zero-order chi connectivity index (χ0) is 22.1. The molecule has 0 atom stereocenters. The van der Waals surface area contributed by atoms with Crippen LogP contribution < -0.4 is 25.4 Å². The quantitative estimate of drug-likeness (QED) is 0.457. The van der Waals surface area contributed by atoms with Crippen LogP contribution in [0.3, 0.4) is 0 Å². The van der Waals surface area contributed by atoms with Crippen LogP contribution in [0.25, 0.3) is 0 Å². The Labute approximate surface area is 181 Å². The van der Waals surface area contributed by atoms with E-state index in [0.29, 0.717) is 47.3 Å². The third kappa shape index (κ3) is 6.24. The number of anilines is 3. The molecule has 0 saturated carbocycles. The maximum Gasteiger partial charge on any atom is 0.323 e. The largest absolute Gasteiger partial charge is 0.494 e. The first-order valence-electron chi connectivity index (χ1n) is 10.0. The van der Waals surface area contributed by atoms with E-state index in [2.05, 4.69) is 16.0 Å². The molecule has 3 N–H and O–H groups in total. The Hall–Kier alpha value is -4.00. The molecule has 0 aromatic heterocycles. The van der Waals surface area contributed by atoms with E-state index in [1.165, 1.54) is 0 Å². The van der Waals surface area contributed by atoms with Crippen LogP contribution in [-0.2, 0) is 0 Å². The van der Waals surface area contributed by atoms with Crippen LogP contribution in [-0.4, -0.2) is 25.2 Å². The molecule has 0 unspecified atom stereocenters. The maximum absolute atomic E-state index is 12.7. The maximum atomic E-state index is 12.7. The zero-order valence-corrected chi connectivity index (χ0v) is 17.5. The van der Waals surface area contributed by atoms with Crippen LogP contribution in [0.5, 0.6) is 11.5 Å². The molecule has 160 valence electrons. The molecule has 3 rings (SSSR count). The molecule has 0 aliphatic rings. The molecule has 0 spiro atoms. The Balaban J connectivity index is 1.65. The summed E-state index contributed by atoms with van der Waals surface area (Å²) in [6.07, 6.45) is 0. The van der Waals surface area contributed by atoms with Gasteiger partial charge in [-0.2, -0.15) is 0 Å². The highest BCUT2D eigenvalue weighted by molar-refractivity contribution is 6.06. The summed E-state index contributed by atoms with van der Waals surface area (Å²) in [5.41, 5.74) is 2.23. The average Bonchev–Trinajstić information content (AvgIpc) is 2.77. The van der Waals surface area contributed by atoms with E-state index in [-0.39, 0.29) is 11.9 Å². The van der Waals surface area contributed by atoms with Crippen molar-refractivity contribution < 1.29 is 19.1 Å². The first-order chi connectivity index (χ1) is 15.1. The van der Waals surface area contributed by atoms with E-state index >= 15 is 0 Å². The third-order valence-electron chi connectivity index (χ3n) is 4.25. The Morgan fingerprint density at radius 2 is 1.39 bits per heavy atom. The number of carbonyl (C=O) groups is 2. The number of hydrogen-bond donors (Lipinski definition) is 3. The molecular formula is C24H25N3O4. The number of amides is 3. The lowest BCUT2D eigenvalue weighted by Crippen LogP contribution is -2.19. The van der Waals surface area contributed by atoms with Gasteiger partial charge in [0.25, 0.3) is 5.91 Å². The second kappa shape index (κ2) is 10.7. The summed E-state index contributed by atoms with van der Waals surface area (Å²) in [7, 11) is 0. The average molecular weight is 419 g/mol. The number of urea groups is 1. The minimum atomic E-state index is -0.363. The molecule has 0 aliphatic carbocycles. The van der Waals surface area contributed by atoms with Crippen molar-refractivity contribution in [3.05, 3.63) is 78.4 Å². The first kappa shape index (κ1) is 21.7. The summed E-state index contributed by atoms with van der Waals surface area (Å²) in [4.78, 5) is 24.8. The molecule has 7 nitrogen and oxygen atoms in total. The number of carbonyl (C=O) groups excluding carboxylic acids is 2. The third-order valence-corrected chi connectivity index (χ3v) is 4.25. The number of benzene rings is 3. The minimum Gasteiger partial charge on any atom is -0.494 e. The van der Waals surface area contributed by atoms with Gasteiger partial charge >= 0.3 is 6.03 Å². The fraction of sp³-hybridized carbons (Fsp3) is 0.167. The second-order valence-corrected chi connectivity index (χ2v) is 6.50. The van der Waals surface area contributed by atoms with Gasteiger partial charge in [-0.05, 0) is 62.4 Å². The zero-order valence-electron chi connectivity index (χ0n) is 17.5. The van der Waals surface area contributed by atoms with Crippen LogP contribution in [0, 0.1) is 0 Å². The van der Waals surface area contributed by atoms with Gasteiger partial charge in [0.2, 0.25) is 0 Å². The fourth-order valence-electron chi connectivity index (χ4n) is 2.86. The van der Waals surface area contributed by atoms with Crippen molar-refractivity contribution in [1.82, 2.24) is 0 Å². The van der Waals surface area contributed by atoms with Crippen LogP contribution in [0.4, 0.5) is 21.9 Å². The lowest BCUT2D eigenvalue weighted by atomic mass is 10.2. The molecule has 7 heteroatoms. The van der Waals surface area contributed by atoms with Crippen LogP contribution in [0.1, 0.15) is 24.2 Å². The summed E-state index contributed by atoms with van der Waals surface area (Å²) in [6.45, 7) is 4.77. The van der Waals surface area contributed by atoms with Gasteiger partial charge in [0, 0.05) is 23.0 Å². The summed E-state index contributed by atoms with van der Waals surface area (Å²) in [6, 6.07) is 20.7. The Bertz CT molecular complexity index is 1020. The number of rotatable bonds is 8. The number of hydrogen-bond acceptors (Lipinski definition) is 4. The summed E-state index contributed by atoms with van der Waals surface area (Å²) < 4.78 is 11.1. The lowest BCUT2D eigenvalue weighted by molar-refractivity contribution is 0.102. The van der Waals surface area contributed by atoms with E-state index in [9.17, 15) is 9.59 Å².